The van der Waals surface area contributed by atoms with Gasteiger partial charge in [-0.2, -0.15) is 0 Å². The number of anilines is 2. The minimum atomic E-state index is 0.637. The molecule has 0 aliphatic carbocycles. The molecule has 0 radical (unpaired) electrons. The highest BCUT2D eigenvalue weighted by molar-refractivity contribution is 5.60. The summed E-state index contributed by atoms with van der Waals surface area (Å²) in [5, 5.41) is 7.12. The summed E-state index contributed by atoms with van der Waals surface area (Å²) in [5.41, 5.74) is 4.09. The number of nitrogens with zero attached hydrogens (tertiary/aromatic N) is 1. The lowest BCUT2D eigenvalue weighted by Crippen LogP contribution is -2.35. The zero-order valence-corrected chi connectivity index (χ0v) is 11.9. The fraction of sp³-hybridized carbons (Fsp3) is 0.625. The van der Waals surface area contributed by atoms with Crippen LogP contribution in [0.2, 0.25) is 0 Å². The van der Waals surface area contributed by atoms with E-state index >= 15 is 0 Å². The first kappa shape index (κ1) is 12.8. The van der Waals surface area contributed by atoms with Gasteiger partial charge in [-0.1, -0.05) is 0 Å². The highest BCUT2D eigenvalue weighted by Gasteiger charge is 2.15. The number of aryl methyl sites for hydroxylation is 1. The number of benzene rings is 1. The van der Waals surface area contributed by atoms with E-state index in [2.05, 4.69) is 40.7 Å². The lowest BCUT2D eigenvalue weighted by Gasteiger charge is -2.26. The molecule has 2 aliphatic heterocycles. The molecule has 19 heavy (non-hydrogen) atoms. The Hall–Kier alpha value is -1.22. The van der Waals surface area contributed by atoms with Gasteiger partial charge in [0.15, 0.2) is 0 Å². The maximum absolute atomic E-state index is 3.71. The Bertz CT molecular complexity index is 418. The summed E-state index contributed by atoms with van der Waals surface area (Å²) in [4.78, 5) is 2.50. The van der Waals surface area contributed by atoms with Crippen molar-refractivity contribution in [2.75, 3.05) is 36.4 Å². The van der Waals surface area contributed by atoms with E-state index in [4.69, 9.17) is 0 Å². The molecule has 0 aromatic heterocycles. The standard InChI is InChI=1S/C16H25N3/c1-13-12-15(19-10-2-3-11-19)4-5-16(13)18-14-6-8-17-9-7-14/h4-5,12,14,17-18H,2-3,6-11H2,1H3. The molecule has 0 bridgehead atoms. The maximum Gasteiger partial charge on any atom is 0.0373 e. The van der Waals surface area contributed by atoms with Gasteiger partial charge in [0.05, 0.1) is 0 Å². The molecule has 2 heterocycles. The molecule has 3 heteroatoms. The monoisotopic (exact) mass is 259 g/mol. The van der Waals surface area contributed by atoms with Crippen molar-refractivity contribution in [2.24, 2.45) is 0 Å². The Kier molecular flexibility index (Phi) is 3.92. The van der Waals surface area contributed by atoms with Crippen molar-refractivity contribution in [1.82, 2.24) is 5.32 Å². The maximum atomic E-state index is 3.71. The molecule has 1 aromatic rings. The van der Waals surface area contributed by atoms with E-state index in [-0.39, 0.29) is 0 Å². The van der Waals surface area contributed by atoms with Gasteiger partial charge < -0.3 is 15.5 Å². The van der Waals surface area contributed by atoms with Crippen LogP contribution in [0.5, 0.6) is 0 Å². The van der Waals surface area contributed by atoms with Gasteiger partial charge in [0.2, 0.25) is 0 Å². The third-order valence-electron chi connectivity index (χ3n) is 4.38. The number of rotatable bonds is 3. The van der Waals surface area contributed by atoms with E-state index in [1.807, 2.05) is 0 Å². The fourth-order valence-corrected chi connectivity index (χ4v) is 3.17. The highest BCUT2D eigenvalue weighted by atomic mass is 15.1. The number of hydrogen-bond acceptors (Lipinski definition) is 3. The molecule has 3 nitrogen and oxygen atoms in total. The molecule has 2 saturated heterocycles. The van der Waals surface area contributed by atoms with Gasteiger partial charge in [-0.25, -0.2) is 0 Å². The Balaban J connectivity index is 1.68. The van der Waals surface area contributed by atoms with Gasteiger partial charge in [0.1, 0.15) is 0 Å². The predicted molar refractivity (Wildman–Crippen MR) is 82.1 cm³/mol. The molecule has 0 atom stereocenters. The van der Waals surface area contributed by atoms with Crippen molar-refractivity contribution in [3.05, 3.63) is 23.8 Å². The van der Waals surface area contributed by atoms with Crippen LogP contribution in [0.1, 0.15) is 31.2 Å². The van der Waals surface area contributed by atoms with Gasteiger partial charge in [0, 0.05) is 30.5 Å². The SMILES string of the molecule is Cc1cc(N2CCCC2)ccc1NC1CCNCC1. The quantitative estimate of drug-likeness (QED) is 0.874. The summed E-state index contributed by atoms with van der Waals surface area (Å²) in [6.07, 6.45) is 5.14. The minimum Gasteiger partial charge on any atom is -0.382 e. The van der Waals surface area contributed by atoms with E-state index in [1.165, 1.54) is 55.7 Å². The van der Waals surface area contributed by atoms with Crippen molar-refractivity contribution in [3.63, 3.8) is 0 Å². The van der Waals surface area contributed by atoms with Gasteiger partial charge in [-0.05, 0) is 69.5 Å². The second kappa shape index (κ2) is 5.83. The topological polar surface area (TPSA) is 27.3 Å². The molecular weight excluding hydrogens is 234 g/mol. The molecule has 0 spiro atoms. The van der Waals surface area contributed by atoms with Gasteiger partial charge >= 0.3 is 0 Å². The summed E-state index contributed by atoms with van der Waals surface area (Å²) in [7, 11) is 0. The van der Waals surface area contributed by atoms with E-state index in [0.717, 1.165) is 13.1 Å². The zero-order chi connectivity index (χ0) is 13.1. The van der Waals surface area contributed by atoms with Crippen molar-refractivity contribution >= 4 is 11.4 Å². The van der Waals surface area contributed by atoms with Crippen LogP contribution < -0.4 is 15.5 Å². The van der Waals surface area contributed by atoms with Crippen LogP contribution in [0.15, 0.2) is 18.2 Å². The lowest BCUT2D eigenvalue weighted by atomic mass is 10.1. The molecule has 2 fully saturated rings. The Morgan fingerprint density at radius 3 is 2.58 bits per heavy atom. The normalized spacial score (nSPS) is 20.8. The molecule has 2 aliphatic rings. The second-order valence-corrected chi connectivity index (χ2v) is 5.86. The first-order valence-electron chi connectivity index (χ1n) is 7.66. The van der Waals surface area contributed by atoms with Gasteiger partial charge in [-0.15, -0.1) is 0 Å². The summed E-state index contributed by atoms with van der Waals surface area (Å²) < 4.78 is 0. The van der Waals surface area contributed by atoms with Crippen LogP contribution in [0.25, 0.3) is 0 Å². The van der Waals surface area contributed by atoms with Crippen molar-refractivity contribution < 1.29 is 0 Å². The molecule has 1 aromatic carbocycles. The smallest absolute Gasteiger partial charge is 0.0373 e. The van der Waals surface area contributed by atoms with Crippen LogP contribution in [-0.4, -0.2) is 32.2 Å². The van der Waals surface area contributed by atoms with E-state index in [9.17, 15) is 0 Å². The average molecular weight is 259 g/mol. The average Bonchev–Trinajstić information content (AvgIpc) is 2.96. The molecule has 0 unspecified atom stereocenters. The Morgan fingerprint density at radius 1 is 1.16 bits per heavy atom. The van der Waals surface area contributed by atoms with Crippen LogP contribution in [0, 0.1) is 6.92 Å². The van der Waals surface area contributed by atoms with Crippen molar-refractivity contribution in [3.8, 4) is 0 Å². The van der Waals surface area contributed by atoms with E-state index in [1.54, 1.807) is 0 Å². The van der Waals surface area contributed by atoms with Crippen LogP contribution in [0.3, 0.4) is 0 Å². The van der Waals surface area contributed by atoms with Crippen molar-refractivity contribution in [2.45, 2.75) is 38.6 Å². The van der Waals surface area contributed by atoms with E-state index in [0.29, 0.717) is 6.04 Å². The highest BCUT2D eigenvalue weighted by Crippen LogP contribution is 2.26. The third kappa shape index (κ3) is 3.03. The number of piperidine rings is 1. The molecule has 0 amide bonds. The molecule has 2 N–H and O–H groups in total. The lowest BCUT2D eigenvalue weighted by molar-refractivity contribution is 0.479. The number of hydrogen-bond donors (Lipinski definition) is 2. The van der Waals surface area contributed by atoms with Crippen LogP contribution >= 0.6 is 0 Å². The summed E-state index contributed by atoms with van der Waals surface area (Å²) in [6.45, 7) is 6.95. The molecule has 0 saturated carbocycles. The summed E-state index contributed by atoms with van der Waals surface area (Å²) >= 11 is 0. The summed E-state index contributed by atoms with van der Waals surface area (Å²) in [6, 6.07) is 7.53. The summed E-state index contributed by atoms with van der Waals surface area (Å²) in [5.74, 6) is 0. The van der Waals surface area contributed by atoms with Crippen molar-refractivity contribution in [1.29, 1.82) is 0 Å². The minimum absolute atomic E-state index is 0.637. The third-order valence-corrected chi connectivity index (χ3v) is 4.38. The van der Waals surface area contributed by atoms with Gasteiger partial charge in [-0.3, -0.25) is 0 Å². The first-order chi connectivity index (χ1) is 9.33. The second-order valence-electron chi connectivity index (χ2n) is 5.86. The van der Waals surface area contributed by atoms with Gasteiger partial charge in [0.25, 0.3) is 0 Å². The molecule has 3 rings (SSSR count). The predicted octanol–water partition coefficient (Wildman–Crippen LogP) is 2.76. The van der Waals surface area contributed by atoms with E-state index < -0.39 is 0 Å². The Labute approximate surface area is 116 Å². The largest absolute Gasteiger partial charge is 0.382 e. The van der Waals surface area contributed by atoms with Crippen LogP contribution in [-0.2, 0) is 0 Å². The molecular formula is C16H25N3. The fourth-order valence-electron chi connectivity index (χ4n) is 3.17. The Morgan fingerprint density at radius 2 is 1.89 bits per heavy atom. The van der Waals surface area contributed by atoms with Crippen LogP contribution in [0.4, 0.5) is 11.4 Å². The zero-order valence-electron chi connectivity index (χ0n) is 11.9. The number of nitrogens with one attached hydrogen (secondary N) is 2. The first-order valence-corrected chi connectivity index (χ1v) is 7.66. The molecule has 104 valence electrons.